The molecular weight excluding hydrogens is 220 g/mol. The molecule has 0 saturated heterocycles. The third kappa shape index (κ3) is 2.77. The van der Waals surface area contributed by atoms with Crippen molar-refractivity contribution < 1.29 is 5.11 Å². The molecule has 100 valence electrons. The Bertz CT molecular complexity index is 398. The normalized spacial score (nSPS) is 32.4. The molecule has 1 fully saturated rings. The number of hydrogen-bond donors (Lipinski definition) is 1. The van der Waals surface area contributed by atoms with E-state index in [9.17, 15) is 5.11 Å². The summed E-state index contributed by atoms with van der Waals surface area (Å²) in [5.41, 5.74) is 1.90. The summed E-state index contributed by atoms with van der Waals surface area (Å²) in [6.45, 7) is 6.77. The first kappa shape index (κ1) is 13.6. The summed E-state index contributed by atoms with van der Waals surface area (Å²) >= 11 is 0. The van der Waals surface area contributed by atoms with Crippen LogP contribution in [0, 0.1) is 11.8 Å². The van der Waals surface area contributed by atoms with Crippen LogP contribution in [0.1, 0.15) is 57.6 Å². The van der Waals surface area contributed by atoms with E-state index in [1.54, 1.807) is 0 Å². The second-order valence-corrected chi connectivity index (χ2v) is 6.18. The van der Waals surface area contributed by atoms with E-state index in [1.165, 1.54) is 5.56 Å². The zero-order valence-electron chi connectivity index (χ0n) is 11.9. The van der Waals surface area contributed by atoms with Crippen LogP contribution in [-0.2, 0) is 12.0 Å². The van der Waals surface area contributed by atoms with Crippen LogP contribution in [0.4, 0.5) is 0 Å². The van der Waals surface area contributed by atoms with Crippen LogP contribution in [0.25, 0.3) is 0 Å². The molecule has 1 saturated carbocycles. The fourth-order valence-corrected chi connectivity index (χ4v) is 3.15. The van der Waals surface area contributed by atoms with Crippen molar-refractivity contribution in [1.29, 1.82) is 0 Å². The van der Waals surface area contributed by atoms with Crippen LogP contribution in [-0.4, -0.2) is 5.11 Å². The van der Waals surface area contributed by atoms with Gasteiger partial charge in [0.1, 0.15) is 0 Å². The standard InChI is InChI=1S/C17H26O/c1-4-6-15-7-5-8-16(11-15)17(18)10-9-13(2)14(3)12-17/h5,7-8,11,13-14,18H,4,6,9-10,12H2,1-3H3. The van der Waals surface area contributed by atoms with Crippen molar-refractivity contribution in [2.75, 3.05) is 0 Å². The number of aliphatic hydroxyl groups is 1. The molecule has 1 heteroatoms. The summed E-state index contributed by atoms with van der Waals surface area (Å²) in [7, 11) is 0. The summed E-state index contributed by atoms with van der Waals surface area (Å²) in [5.74, 6) is 1.35. The molecule has 0 amide bonds. The maximum absolute atomic E-state index is 10.9. The van der Waals surface area contributed by atoms with Gasteiger partial charge in [0, 0.05) is 0 Å². The fourth-order valence-electron chi connectivity index (χ4n) is 3.15. The quantitative estimate of drug-likeness (QED) is 0.844. The van der Waals surface area contributed by atoms with Gasteiger partial charge in [-0.15, -0.1) is 0 Å². The van der Waals surface area contributed by atoms with E-state index in [0.717, 1.165) is 43.6 Å². The third-order valence-corrected chi connectivity index (χ3v) is 4.65. The van der Waals surface area contributed by atoms with Gasteiger partial charge in [0.05, 0.1) is 5.60 Å². The molecule has 1 aliphatic rings. The van der Waals surface area contributed by atoms with E-state index in [-0.39, 0.29) is 0 Å². The molecule has 0 bridgehead atoms. The minimum atomic E-state index is -0.588. The molecule has 1 aromatic rings. The van der Waals surface area contributed by atoms with Gasteiger partial charge >= 0.3 is 0 Å². The van der Waals surface area contributed by atoms with Crippen molar-refractivity contribution in [2.45, 2.75) is 58.5 Å². The summed E-state index contributed by atoms with van der Waals surface area (Å²) in [6.07, 6.45) is 5.22. The summed E-state index contributed by atoms with van der Waals surface area (Å²) in [5, 5.41) is 10.9. The molecule has 3 unspecified atom stereocenters. The van der Waals surface area contributed by atoms with Crippen molar-refractivity contribution in [3.8, 4) is 0 Å². The lowest BCUT2D eigenvalue weighted by molar-refractivity contribution is -0.0336. The first-order chi connectivity index (χ1) is 8.55. The third-order valence-electron chi connectivity index (χ3n) is 4.65. The van der Waals surface area contributed by atoms with E-state index in [2.05, 4.69) is 45.0 Å². The largest absolute Gasteiger partial charge is 0.385 e. The predicted octanol–water partition coefficient (Wildman–Crippen LogP) is 4.28. The van der Waals surface area contributed by atoms with Gasteiger partial charge in [-0.05, 0) is 48.6 Å². The van der Waals surface area contributed by atoms with Crippen LogP contribution in [0.3, 0.4) is 0 Å². The Labute approximate surface area is 111 Å². The van der Waals surface area contributed by atoms with Gasteiger partial charge in [-0.25, -0.2) is 0 Å². The molecule has 1 nitrogen and oxygen atoms in total. The summed E-state index contributed by atoms with van der Waals surface area (Å²) in [6, 6.07) is 8.58. The molecule has 0 heterocycles. The topological polar surface area (TPSA) is 20.2 Å². The monoisotopic (exact) mass is 246 g/mol. The molecule has 18 heavy (non-hydrogen) atoms. The highest BCUT2D eigenvalue weighted by molar-refractivity contribution is 5.29. The van der Waals surface area contributed by atoms with Gasteiger partial charge in [0.15, 0.2) is 0 Å². The van der Waals surface area contributed by atoms with Crippen molar-refractivity contribution in [3.63, 3.8) is 0 Å². The van der Waals surface area contributed by atoms with Crippen LogP contribution in [0.5, 0.6) is 0 Å². The lowest BCUT2D eigenvalue weighted by Crippen LogP contribution is -2.35. The molecular formula is C17H26O. The molecule has 1 aromatic carbocycles. The Morgan fingerprint density at radius 3 is 2.72 bits per heavy atom. The van der Waals surface area contributed by atoms with Gasteiger partial charge < -0.3 is 5.11 Å². The second kappa shape index (κ2) is 5.44. The summed E-state index contributed by atoms with van der Waals surface area (Å²) in [4.78, 5) is 0. The predicted molar refractivity (Wildman–Crippen MR) is 76.5 cm³/mol. The van der Waals surface area contributed by atoms with E-state index in [1.807, 2.05) is 0 Å². The Morgan fingerprint density at radius 2 is 2.06 bits per heavy atom. The Morgan fingerprint density at radius 1 is 1.28 bits per heavy atom. The molecule has 0 aliphatic heterocycles. The SMILES string of the molecule is CCCc1cccc(C2(O)CCC(C)C(C)C2)c1. The molecule has 0 spiro atoms. The maximum atomic E-state index is 10.9. The molecule has 1 N–H and O–H groups in total. The molecule has 0 radical (unpaired) electrons. The van der Waals surface area contributed by atoms with Crippen LogP contribution < -0.4 is 0 Å². The Kier molecular flexibility index (Phi) is 4.11. The van der Waals surface area contributed by atoms with Crippen molar-refractivity contribution in [3.05, 3.63) is 35.4 Å². The van der Waals surface area contributed by atoms with Gasteiger partial charge in [0.2, 0.25) is 0 Å². The fraction of sp³-hybridized carbons (Fsp3) is 0.647. The highest BCUT2D eigenvalue weighted by atomic mass is 16.3. The van der Waals surface area contributed by atoms with Crippen molar-refractivity contribution >= 4 is 0 Å². The van der Waals surface area contributed by atoms with Crippen LogP contribution in [0.15, 0.2) is 24.3 Å². The molecule has 2 rings (SSSR count). The first-order valence-electron chi connectivity index (χ1n) is 7.37. The zero-order valence-corrected chi connectivity index (χ0v) is 11.9. The van der Waals surface area contributed by atoms with Gasteiger partial charge in [-0.3, -0.25) is 0 Å². The smallest absolute Gasteiger partial charge is 0.0899 e. The molecule has 1 aliphatic carbocycles. The van der Waals surface area contributed by atoms with Crippen LogP contribution in [0.2, 0.25) is 0 Å². The number of benzene rings is 1. The first-order valence-corrected chi connectivity index (χ1v) is 7.37. The number of aryl methyl sites for hydroxylation is 1. The van der Waals surface area contributed by atoms with Gasteiger partial charge in [-0.1, -0.05) is 51.5 Å². The van der Waals surface area contributed by atoms with E-state index in [0.29, 0.717) is 5.92 Å². The lowest BCUT2D eigenvalue weighted by Gasteiger charge is -2.39. The zero-order chi connectivity index (χ0) is 13.2. The minimum absolute atomic E-state index is 0.588. The lowest BCUT2D eigenvalue weighted by atomic mass is 9.70. The highest BCUT2D eigenvalue weighted by Crippen LogP contribution is 2.42. The Balaban J connectivity index is 2.21. The number of rotatable bonds is 3. The van der Waals surface area contributed by atoms with Crippen molar-refractivity contribution in [2.24, 2.45) is 11.8 Å². The maximum Gasteiger partial charge on any atom is 0.0899 e. The average Bonchev–Trinajstić information content (AvgIpc) is 2.35. The van der Waals surface area contributed by atoms with Gasteiger partial charge in [0.25, 0.3) is 0 Å². The van der Waals surface area contributed by atoms with E-state index < -0.39 is 5.60 Å². The average molecular weight is 246 g/mol. The number of hydrogen-bond acceptors (Lipinski definition) is 1. The van der Waals surface area contributed by atoms with Crippen molar-refractivity contribution in [1.82, 2.24) is 0 Å². The highest BCUT2D eigenvalue weighted by Gasteiger charge is 2.37. The molecule has 3 atom stereocenters. The minimum Gasteiger partial charge on any atom is -0.385 e. The van der Waals surface area contributed by atoms with E-state index >= 15 is 0 Å². The molecule has 0 aromatic heterocycles. The van der Waals surface area contributed by atoms with Gasteiger partial charge in [-0.2, -0.15) is 0 Å². The summed E-state index contributed by atoms with van der Waals surface area (Å²) < 4.78 is 0. The second-order valence-electron chi connectivity index (χ2n) is 6.18. The van der Waals surface area contributed by atoms with E-state index in [4.69, 9.17) is 0 Å². The van der Waals surface area contributed by atoms with Crippen LogP contribution >= 0.6 is 0 Å². The Hall–Kier alpha value is -0.820.